The van der Waals surface area contributed by atoms with Gasteiger partial charge in [0.1, 0.15) is 5.54 Å². The smallest absolute Gasteiger partial charge is 0.339 e. The van der Waals surface area contributed by atoms with E-state index in [1.54, 1.807) is 55.5 Å². The number of hydrazine groups is 1. The number of benzene rings is 2. The van der Waals surface area contributed by atoms with Crippen molar-refractivity contribution in [2.24, 2.45) is 0 Å². The number of aromatic nitrogens is 2. The maximum absolute atomic E-state index is 13.0. The molecule has 10 heteroatoms. The third-order valence-corrected chi connectivity index (χ3v) is 5.51. The number of imide groups is 1. The van der Waals surface area contributed by atoms with Crippen molar-refractivity contribution in [1.82, 2.24) is 25.9 Å². The van der Waals surface area contributed by atoms with Crippen LogP contribution in [0.25, 0.3) is 11.4 Å². The molecule has 1 unspecified atom stereocenters. The zero-order chi connectivity index (χ0) is 22.7. The largest absolute Gasteiger partial charge is 0.344 e. The summed E-state index contributed by atoms with van der Waals surface area (Å²) in [6.07, 6.45) is 0.431. The van der Waals surface area contributed by atoms with Crippen molar-refractivity contribution in [1.29, 1.82) is 0 Å². The van der Waals surface area contributed by atoms with E-state index in [-0.39, 0.29) is 18.7 Å². The number of nitrogens with one attached hydrogen (secondary N) is 2. The van der Waals surface area contributed by atoms with Gasteiger partial charge in [0.05, 0.1) is 0 Å². The van der Waals surface area contributed by atoms with Crippen LogP contribution >= 0.6 is 11.6 Å². The molecule has 1 aliphatic rings. The molecule has 1 fully saturated rings. The van der Waals surface area contributed by atoms with Crippen molar-refractivity contribution in [3.63, 3.8) is 0 Å². The van der Waals surface area contributed by atoms with Crippen LogP contribution in [0.5, 0.6) is 0 Å². The number of hydrogen-bond acceptors (Lipinski definition) is 6. The van der Waals surface area contributed by atoms with Gasteiger partial charge in [-0.2, -0.15) is 9.99 Å². The highest BCUT2D eigenvalue weighted by Crippen LogP contribution is 2.31. The molecule has 1 atom stereocenters. The predicted molar refractivity (Wildman–Crippen MR) is 115 cm³/mol. The molecule has 0 aliphatic carbocycles. The molecule has 2 heterocycles. The van der Waals surface area contributed by atoms with Crippen LogP contribution in [-0.4, -0.2) is 33.0 Å². The molecular formula is C22H20ClN5O4. The van der Waals surface area contributed by atoms with Crippen molar-refractivity contribution in [2.45, 2.75) is 31.7 Å². The topological polar surface area (TPSA) is 117 Å². The first-order valence-electron chi connectivity index (χ1n) is 10.0. The van der Waals surface area contributed by atoms with Crippen LogP contribution in [-0.2, 0) is 21.5 Å². The van der Waals surface area contributed by atoms with Crippen LogP contribution < -0.4 is 10.7 Å². The number of nitrogens with zero attached hydrogens (tertiary/aromatic N) is 3. The van der Waals surface area contributed by atoms with E-state index in [0.29, 0.717) is 22.8 Å². The summed E-state index contributed by atoms with van der Waals surface area (Å²) in [6, 6.07) is 15.2. The third-order valence-electron chi connectivity index (χ3n) is 5.26. The lowest BCUT2D eigenvalue weighted by Crippen LogP contribution is -2.48. The van der Waals surface area contributed by atoms with Crippen LogP contribution in [0.4, 0.5) is 4.79 Å². The third kappa shape index (κ3) is 4.06. The summed E-state index contributed by atoms with van der Waals surface area (Å²) >= 11 is 5.88. The fourth-order valence-electron chi connectivity index (χ4n) is 3.51. The van der Waals surface area contributed by atoms with Crippen LogP contribution in [0.15, 0.2) is 59.1 Å². The molecule has 164 valence electrons. The average molecular weight is 454 g/mol. The van der Waals surface area contributed by atoms with E-state index < -0.39 is 23.4 Å². The first kappa shape index (κ1) is 21.5. The summed E-state index contributed by atoms with van der Waals surface area (Å²) in [7, 11) is 0. The standard InChI is InChI=1S/C22H20ClN5O4/c1-2-22(15-6-4-3-5-7-15)20(30)28(21(31)25-22)26-17(29)12-13-18-24-19(27-32-18)14-8-10-16(23)11-9-14/h3-11H,2,12-13H2,1H3,(H,25,31)(H,26,29). The highest BCUT2D eigenvalue weighted by atomic mass is 35.5. The average Bonchev–Trinajstić information content (AvgIpc) is 3.38. The van der Waals surface area contributed by atoms with Gasteiger partial charge in [0.2, 0.25) is 17.6 Å². The fourth-order valence-corrected chi connectivity index (χ4v) is 3.64. The van der Waals surface area contributed by atoms with Gasteiger partial charge in [0.15, 0.2) is 0 Å². The zero-order valence-corrected chi connectivity index (χ0v) is 17.9. The first-order valence-corrected chi connectivity index (χ1v) is 10.4. The molecule has 0 spiro atoms. The maximum Gasteiger partial charge on any atom is 0.344 e. The minimum atomic E-state index is -1.22. The number of hydrogen-bond donors (Lipinski definition) is 2. The molecular weight excluding hydrogens is 434 g/mol. The van der Waals surface area contributed by atoms with Gasteiger partial charge in [0.25, 0.3) is 5.91 Å². The van der Waals surface area contributed by atoms with Gasteiger partial charge in [-0.15, -0.1) is 0 Å². The molecule has 32 heavy (non-hydrogen) atoms. The Bertz CT molecular complexity index is 1150. The molecule has 2 aromatic carbocycles. The summed E-state index contributed by atoms with van der Waals surface area (Å²) in [5, 5.41) is 7.93. The predicted octanol–water partition coefficient (Wildman–Crippen LogP) is 3.21. The number of halogens is 1. The van der Waals surface area contributed by atoms with Gasteiger partial charge in [0, 0.05) is 23.4 Å². The summed E-state index contributed by atoms with van der Waals surface area (Å²) in [5.41, 5.74) is 2.54. The highest BCUT2D eigenvalue weighted by Gasteiger charge is 2.52. The van der Waals surface area contributed by atoms with Gasteiger partial charge < -0.3 is 9.84 Å². The Hall–Kier alpha value is -3.72. The van der Waals surface area contributed by atoms with Crippen molar-refractivity contribution >= 4 is 29.4 Å². The summed E-state index contributed by atoms with van der Waals surface area (Å²) in [4.78, 5) is 42.2. The van der Waals surface area contributed by atoms with Gasteiger partial charge in [-0.3, -0.25) is 15.0 Å². The van der Waals surface area contributed by atoms with Gasteiger partial charge in [-0.05, 0) is 36.2 Å². The molecule has 1 aliphatic heterocycles. The molecule has 0 saturated carbocycles. The van der Waals surface area contributed by atoms with Crippen molar-refractivity contribution < 1.29 is 18.9 Å². The van der Waals surface area contributed by atoms with Gasteiger partial charge in [-0.25, -0.2) is 4.79 Å². The van der Waals surface area contributed by atoms with Crippen LogP contribution in [0.1, 0.15) is 31.2 Å². The van der Waals surface area contributed by atoms with Crippen LogP contribution in [0, 0.1) is 0 Å². The molecule has 0 bridgehead atoms. The van der Waals surface area contributed by atoms with Crippen molar-refractivity contribution in [2.75, 3.05) is 0 Å². The Labute approximate surface area is 188 Å². The molecule has 1 aromatic heterocycles. The Kier molecular flexibility index (Phi) is 5.91. The summed E-state index contributed by atoms with van der Waals surface area (Å²) in [6.45, 7) is 1.80. The lowest BCUT2D eigenvalue weighted by molar-refractivity contribution is -0.139. The molecule has 4 rings (SSSR count). The minimum Gasteiger partial charge on any atom is -0.339 e. The van der Waals surface area contributed by atoms with Crippen molar-refractivity contribution in [3.8, 4) is 11.4 Å². The van der Waals surface area contributed by atoms with E-state index >= 15 is 0 Å². The van der Waals surface area contributed by atoms with E-state index in [4.69, 9.17) is 16.1 Å². The lowest BCUT2D eigenvalue weighted by Gasteiger charge is -2.25. The molecule has 0 radical (unpaired) electrons. The second-order valence-electron chi connectivity index (χ2n) is 7.25. The lowest BCUT2D eigenvalue weighted by atomic mass is 9.87. The second kappa shape index (κ2) is 8.80. The van der Waals surface area contributed by atoms with Crippen molar-refractivity contribution in [3.05, 3.63) is 71.1 Å². The minimum absolute atomic E-state index is 0.0518. The normalized spacial score (nSPS) is 18.0. The van der Waals surface area contributed by atoms with E-state index in [0.717, 1.165) is 10.6 Å². The second-order valence-corrected chi connectivity index (χ2v) is 7.69. The fraction of sp³-hybridized carbons (Fsp3) is 0.227. The van der Waals surface area contributed by atoms with E-state index in [9.17, 15) is 14.4 Å². The Morgan fingerprint density at radius 3 is 2.56 bits per heavy atom. The number of rotatable bonds is 7. The summed E-state index contributed by atoms with van der Waals surface area (Å²) in [5.74, 6) is -0.427. The SMILES string of the molecule is CCC1(c2ccccc2)NC(=O)N(NC(=O)CCc2nc(-c3ccc(Cl)cc3)no2)C1=O. The first-order chi connectivity index (χ1) is 15.4. The molecule has 3 aromatic rings. The Balaban J connectivity index is 1.39. The monoisotopic (exact) mass is 453 g/mol. The summed E-state index contributed by atoms with van der Waals surface area (Å²) < 4.78 is 5.19. The molecule has 1 saturated heterocycles. The van der Waals surface area contributed by atoms with E-state index in [2.05, 4.69) is 20.9 Å². The van der Waals surface area contributed by atoms with E-state index in [1.165, 1.54) is 0 Å². The zero-order valence-electron chi connectivity index (χ0n) is 17.2. The number of carbonyl (C=O) groups is 3. The number of amides is 4. The Morgan fingerprint density at radius 2 is 1.88 bits per heavy atom. The molecule has 2 N–H and O–H groups in total. The van der Waals surface area contributed by atoms with Crippen LogP contribution in [0.2, 0.25) is 5.02 Å². The van der Waals surface area contributed by atoms with Gasteiger partial charge in [-0.1, -0.05) is 54.0 Å². The van der Waals surface area contributed by atoms with Crippen LogP contribution in [0.3, 0.4) is 0 Å². The maximum atomic E-state index is 13.0. The van der Waals surface area contributed by atoms with E-state index in [1.807, 2.05) is 6.07 Å². The quantitative estimate of drug-likeness (QED) is 0.530. The van der Waals surface area contributed by atoms with Gasteiger partial charge >= 0.3 is 6.03 Å². The molecule has 9 nitrogen and oxygen atoms in total. The Morgan fingerprint density at radius 1 is 1.16 bits per heavy atom. The number of urea groups is 1. The number of carbonyl (C=O) groups excluding carboxylic acids is 3. The number of aryl methyl sites for hydroxylation is 1. The molecule has 4 amide bonds. The highest BCUT2D eigenvalue weighted by molar-refractivity contribution is 6.30.